The lowest BCUT2D eigenvalue weighted by molar-refractivity contribution is -0.137. The smallest absolute Gasteiger partial charge is 0.416 e. The molecule has 1 aliphatic heterocycles. The number of nitrogens with zero attached hydrogens (tertiary/aromatic N) is 1. The van der Waals surface area contributed by atoms with E-state index in [4.69, 9.17) is 4.74 Å². The molecule has 4 nitrogen and oxygen atoms in total. The molecule has 7 heteroatoms. The number of hydrogen-bond donors (Lipinski definition) is 1. The minimum Gasteiger partial charge on any atom is -0.447 e. The van der Waals surface area contributed by atoms with E-state index in [2.05, 4.69) is 5.32 Å². The molecule has 1 aliphatic rings. The van der Waals surface area contributed by atoms with Crippen molar-refractivity contribution in [3.63, 3.8) is 0 Å². The first kappa shape index (κ1) is 15.2. The zero-order valence-electron chi connectivity index (χ0n) is 12.1. The molecule has 0 spiro atoms. The molecule has 0 amide bonds. The minimum absolute atomic E-state index is 0.109. The van der Waals surface area contributed by atoms with Crippen LogP contribution in [0.5, 0.6) is 0 Å². The molecular formula is C16H13F3N2O2. The van der Waals surface area contributed by atoms with Crippen LogP contribution in [0.3, 0.4) is 0 Å². The molecule has 0 saturated carbocycles. The zero-order chi connectivity index (χ0) is 16.6. The molecular weight excluding hydrogens is 309 g/mol. The van der Waals surface area contributed by atoms with Crippen molar-refractivity contribution in [3.8, 4) is 0 Å². The highest BCUT2D eigenvalue weighted by Crippen LogP contribution is 2.36. The zero-order valence-corrected chi connectivity index (χ0v) is 12.1. The third kappa shape index (κ3) is 2.69. The first-order valence-electron chi connectivity index (χ1n) is 6.85. The van der Waals surface area contributed by atoms with Crippen LogP contribution in [0.2, 0.25) is 0 Å². The first-order valence-corrected chi connectivity index (χ1v) is 6.85. The number of alkyl halides is 3. The lowest BCUT2D eigenvalue weighted by Crippen LogP contribution is -2.16. The van der Waals surface area contributed by atoms with Gasteiger partial charge in [0.1, 0.15) is 0 Å². The van der Waals surface area contributed by atoms with Crippen molar-refractivity contribution < 1.29 is 22.7 Å². The number of nitrogens with one attached hydrogen (secondary N) is 1. The number of halogens is 3. The highest BCUT2D eigenvalue weighted by molar-refractivity contribution is 6.24. The Hall–Kier alpha value is -2.70. The summed E-state index contributed by atoms with van der Waals surface area (Å²) in [7, 11) is 1.55. The molecule has 0 radical (unpaired) electrons. The van der Waals surface area contributed by atoms with E-state index in [0.717, 1.165) is 12.1 Å². The topological polar surface area (TPSA) is 43.3 Å². The number of benzene rings is 1. The maximum absolute atomic E-state index is 12.9. The molecule has 0 bridgehead atoms. The maximum atomic E-state index is 12.9. The predicted octanol–water partition coefficient (Wildman–Crippen LogP) is 3.19. The maximum Gasteiger partial charge on any atom is 0.416 e. The molecule has 1 atom stereocenters. The van der Waals surface area contributed by atoms with Gasteiger partial charge in [0, 0.05) is 19.4 Å². The molecule has 2 aromatic rings. The molecule has 1 unspecified atom stereocenters. The molecule has 23 heavy (non-hydrogen) atoms. The second-order valence-corrected chi connectivity index (χ2v) is 5.00. The fraction of sp³-hybridized carbons (Fsp3) is 0.188. The Labute approximate surface area is 130 Å². The van der Waals surface area contributed by atoms with Crippen molar-refractivity contribution >= 4 is 11.4 Å². The average Bonchev–Trinajstić information content (AvgIpc) is 3.13. The number of ether oxygens (including phenoxy) is 1. The Morgan fingerprint density at radius 2 is 1.87 bits per heavy atom. The van der Waals surface area contributed by atoms with E-state index >= 15 is 0 Å². The molecule has 2 heterocycles. The number of rotatable bonds is 3. The van der Waals surface area contributed by atoms with Crippen molar-refractivity contribution in [2.45, 2.75) is 12.4 Å². The summed E-state index contributed by atoms with van der Waals surface area (Å²) in [5, 5.41) is 2.74. The fourth-order valence-electron chi connectivity index (χ4n) is 2.47. The molecule has 120 valence electrons. The molecule has 1 N–H and O–H groups in total. The number of ketones is 1. The van der Waals surface area contributed by atoms with Gasteiger partial charge in [-0.15, -0.1) is 0 Å². The second-order valence-electron chi connectivity index (χ2n) is 5.00. The monoisotopic (exact) mass is 322 g/mol. The summed E-state index contributed by atoms with van der Waals surface area (Å²) in [4.78, 5) is 12.6. The Morgan fingerprint density at radius 1 is 1.17 bits per heavy atom. The van der Waals surface area contributed by atoms with Crippen molar-refractivity contribution in [2.75, 3.05) is 7.05 Å². The van der Waals surface area contributed by atoms with Crippen LogP contribution in [-0.2, 0) is 15.7 Å². The summed E-state index contributed by atoms with van der Waals surface area (Å²) in [5.74, 6) is -0.238. The standard InChI is InChI=1S/C16H13F3N2O2/c1-20-14-12(10-5-4-6-11(9-10)16(17,18)19)13(22)15(23-14)21-7-2-3-8-21/h2-9,15,20H,1H3. The normalized spacial score (nSPS) is 18.3. The SMILES string of the molecule is CNC1=C(c2cccc(C(F)(F)F)c2)C(=O)C(n2cccc2)O1. The van der Waals surface area contributed by atoms with Gasteiger partial charge in [-0.3, -0.25) is 4.79 Å². The number of Topliss-reactive ketones (excluding diaryl/α,β-unsaturated/α-hetero) is 1. The quantitative estimate of drug-likeness (QED) is 0.944. The van der Waals surface area contributed by atoms with E-state index in [1.807, 2.05) is 0 Å². The summed E-state index contributed by atoms with van der Waals surface area (Å²) in [6.07, 6.45) is -2.08. The Bertz CT molecular complexity index is 764. The fourth-order valence-corrected chi connectivity index (χ4v) is 2.47. The molecule has 0 saturated heterocycles. The number of carbonyl (C=O) groups excluding carboxylic acids is 1. The van der Waals surface area contributed by atoms with Crippen molar-refractivity contribution in [1.82, 2.24) is 9.88 Å². The number of carbonyl (C=O) groups is 1. The van der Waals surface area contributed by atoms with Gasteiger partial charge < -0.3 is 14.6 Å². The van der Waals surface area contributed by atoms with Gasteiger partial charge in [-0.05, 0) is 29.8 Å². The summed E-state index contributed by atoms with van der Waals surface area (Å²) in [6, 6.07) is 8.12. The highest BCUT2D eigenvalue weighted by atomic mass is 19.4. The van der Waals surface area contributed by atoms with Gasteiger partial charge in [-0.1, -0.05) is 12.1 Å². The van der Waals surface area contributed by atoms with Crippen LogP contribution in [0.1, 0.15) is 17.4 Å². The summed E-state index contributed by atoms with van der Waals surface area (Å²) in [5.41, 5.74) is -0.531. The minimum atomic E-state index is -4.47. The molecule has 0 aliphatic carbocycles. The van der Waals surface area contributed by atoms with Crippen LogP contribution in [0, 0.1) is 0 Å². The Balaban J connectivity index is 2.02. The van der Waals surface area contributed by atoms with Crippen LogP contribution in [0.4, 0.5) is 13.2 Å². The van der Waals surface area contributed by atoms with Crippen molar-refractivity contribution in [3.05, 3.63) is 65.8 Å². The molecule has 0 fully saturated rings. The summed E-state index contributed by atoms with van der Waals surface area (Å²) < 4.78 is 45.8. The molecule has 1 aromatic heterocycles. The van der Waals surface area contributed by atoms with Gasteiger partial charge in [0.15, 0.2) is 0 Å². The third-order valence-corrected chi connectivity index (χ3v) is 3.53. The summed E-state index contributed by atoms with van der Waals surface area (Å²) in [6.45, 7) is 0. The highest BCUT2D eigenvalue weighted by Gasteiger charge is 2.38. The lowest BCUT2D eigenvalue weighted by Gasteiger charge is -2.12. The van der Waals surface area contributed by atoms with Gasteiger partial charge in [-0.2, -0.15) is 13.2 Å². The van der Waals surface area contributed by atoms with Crippen LogP contribution >= 0.6 is 0 Å². The van der Waals surface area contributed by atoms with E-state index < -0.39 is 23.8 Å². The largest absolute Gasteiger partial charge is 0.447 e. The first-order chi connectivity index (χ1) is 10.9. The van der Waals surface area contributed by atoms with E-state index in [0.29, 0.717) is 0 Å². The van der Waals surface area contributed by atoms with Gasteiger partial charge in [0.2, 0.25) is 17.9 Å². The Kier molecular flexibility index (Phi) is 3.63. The van der Waals surface area contributed by atoms with Crippen LogP contribution in [0.15, 0.2) is 54.7 Å². The van der Waals surface area contributed by atoms with Crippen LogP contribution in [-0.4, -0.2) is 17.4 Å². The van der Waals surface area contributed by atoms with Gasteiger partial charge in [0.05, 0.1) is 11.1 Å². The Morgan fingerprint density at radius 3 is 2.48 bits per heavy atom. The third-order valence-electron chi connectivity index (χ3n) is 3.53. The average molecular weight is 322 g/mol. The van der Waals surface area contributed by atoms with Crippen molar-refractivity contribution in [2.24, 2.45) is 0 Å². The summed E-state index contributed by atoms with van der Waals surface area (Å²) >= 11 is 0. The number of aromatic nitrogens is 1. The van der Waals surface area contributed by atoms with Crippen LogP contribution < -0.4 is 5.32 Å². The van der Waals surface area contributed by atoms with Gasteiger partial charge in [0.25, 0.3) is 0 Å². The van der Waals surface area contributed by atoms with Gasteiger partial charge >= 0.3 is 6.18 Å². The molecule has 3 rings (SSSR count). The molecule has 1 aromatic carbocycles. The predicted molar refractivity (Wildman–Crippen MR) is 77.0 cm³/mol. The van der Waals surface area contributed by atoms with Gasteiger partial charge in [-0.25, -0.2) is 0 Å². The van der Waals surface area contributed by atoms with E-state index in [9.17, 15) is 18.0 Å². The van der Waals surface area contributed by atoms with E-state index in [1.165, 1.54) is 12.1 Å². The second kappa shape index (κ2) is 5.49. The van der Waals surface area contributed by atoms with E-state index in [-0.39, 0.29) is 17.0 Å². The lowest BCUT2D eigenvalue weighted by atomic mass is 10.00. The van der Waals surface area contributed by atoms with Crippen molar-refractivity contribution in [1.29, 1.82) is 0 Å². The number of hydrogen-bond acceptors (Lipinski definition) is 3. The van der Waals surface area contributed by atoms with Crippen LogP contribution in [0.25, 0.3) is 5.57 Å². The van der Waals surface area contributed by atoms with E-state index in [1.54, 1.807) is 36.1 Å².